The number of halogens is 1. The van der Waals surface area contributed by atoms with E-state index < -0.39 is 0 Å². The molecule has 0 aliphatic rings. The van der Waals surface area contributed by atoms with Crippen molar-refractivity contribution >= 4 is 5.97 Å². The van der Waals surface area contributed by atoms with Crippen LogP contribution in [0.25, 0.3) is 0 Å². The Morgan fingerprint density at radius 1 is 1.30 bits per heavy atom. The highest BCUT2D eigenvalue weighted by Gasteiger charge is 2.28. The predicted molar refractivity (Wildman–Crippen MR) is 79.2 cm³/mol. The molecular weight excluding hydrogens is 255 g/mol. The van der Waals surface area contributed by atoms with Crippen LogP contribution in [0.4, 0.5) is 4.39 Å². The van der Waals surface area contributed by atoms with Gasteiger partial charge < -0.3 is 4.74 Å². The first-order valence-electron chi connectivity index (χ1n) is 7.36. The third-order valence-electron chi connectivity index (χ3n) is 3.96. The maximum absolute atomic E-state index is 13.3. The number of benzene rings is 1. The standard InChI is InChI=1S/C17H25FO2/c1-6-11(3)17(13(5)20-16(19)7-2)15-9-8-14(18)10-12(15)4/h8-11,13,17H,6-7H2,1-5H3/t11?,13?,17-/m1/s1. The fourth-order valence-corrected chi connectivity index (χ4v) is 2.65. The van der Waals surface area contributed by atoms with E-state index in [0.717, 1.165) is 17.5 Å². The highest BCUT2D eigenvalue weighted by molar-refractivity contribution is 5.69. The molecule has 3 atom stereocenters. The van der Waals surface area contributed by atoms with Crippen molar-refractivity contribution in [1.29, 1.82) is 0 Å². The number of carbonyl (C=O) groups is 1. The fourth-order valence-electron chi connectivity index (χ4n) is 2.65. The van der Waals surface area contributed by atoms with Gasteiger partial charge >= 0.3 is 5.97 Å². The molecule has 0 spiro atoms. The third-order valence-corrected chi connectivity index (χ3v) is 3.96. The smallest absolute Gasteiger partial charge is 0.305 e. The van der Waals surface area contributed by atoms with Crippen LogP contribution in [-0.2, 0) is 9.53 Å². The van der Waals surface area contributed by atoms with Crippen molar-refractivity contribution in [3.63, 3.8) is 0 Å². The first-order valence-corrected chi connectivity index (χ1v) is 7.36. The maximum Gasteiger partial charge on any atom is 0.305 e. The molecule has 0 aliphatic carbocycles. The Hall–Kier alpha value is -1.38. The quantitative estimate of drug-likeness (QED) is 0.711. The minimum absolute atomic E-state index is 0.0936. The molecule has 0 bridgehead atoms. The summed E-state index contributed by atoms with van der Waals surface area (Å²) >= 11 is 0. The molecule has 0 aromatic heterocycles. The lowest BCUT2D eigenvalue weighted by Gasteiger charge is -2.30. The van der Waals surface area contributed by atoms with Crippen molar-refractivity contribution in [1.82, 2.24) is 0 Å². The van der Waals surface area contributed by atoms with E-state index in [1.807, 2.05) is 19.9 Å². The zero-order chi connectivity index (χ0) is 15.3. The minimum Gasteiger partial charge on any atom is -0.462 e. The Kier molecular flexibility index (Phi) is 6.18. The summed E-state index contributed by atoms with van der Waals surface area (Å²) < 4.78 is 18.8. The number of aryl methyl sites for hydroxylation is 1. The molecule has 3 heteroatoms. The van der Waals surface area contributed by atoms with Gasteiger partial charge in [-0.05, 0) is 43.0 Å². The van der Waals surface area contributed by atoms with Gasteiger partial charge in [0, 0.05) is 12.3 Å². The second-order valence-electron chi connectivity index (χ2n) is 5.46. The van der Waals surface area contributed by atoms with Crippen LogP contribution in [0.3, 0.4) is 0 Å². The highest BCUT2D eigenvalue weighted by atomic mass is 19.1. The molecule has 0 heterocycles. The fraction of sp³-hybridized carbons (Fsp3) is 0.588. The summed E-state index contributed by atoms with van der Waals surface area (Å²) in [5.41, 5.74) is 1.98. The van der Waals surface area contributed by atoms with Gasteiger partial charge in [-0.25, -0.2) is 4.39 Å². The summed E-state index contributed by atoms with van der Waals surface area (Å²) in [5.74, 6) is 0.0350. The van der Waals surface area contributed by atoms with Gasteiger partial charge in [0.15, 0.2) is 0 Å². The van der Waals surface area contributed by atoms with Gasteiger partial charge in [-0.3, -0.25) is 4.79 Å². The molecule has 1 aromatic rings. The summed E-state index contributed by atoms with van der Waals surface area (Å²) in [4.78, 5) is 11.5. The van der Waals surface area contributed by atoms with Gasteiger partial charge in [-0.2, -0.15) is 0 Å². The monoisotopic (exact) mass is 280 g/mol. The Morgan fingerprint density at radius 3 is 2.45 bits per heavy atom. The lowest BCUT2D eigenvalue weighted by molar-refractivity contribution is -0.149. The van der Waals surface area contributed by atoms with Gasteiger partial charge in [0.2, 0.25) is 0 Å². The number of rotatable bonds is 6. The molecule has 0 saturated heterocycles. The lowest BCUT2D eigenvalue weighted by Crippen LogP contribution is -2.27. The number of hydrogen-bond acceptors (Lipinski definition) is 2. The normalized spacial score (nSPS) is 15.5. The van der Waals surface area contributed by atoms with Crippen LogP contribution in [0.1, 0.15) is 57.6 Å². The van der Waals surface area contributed by atoms with Crippen LogP contribution in [0.15, 0.2) is 18.2 Å². The highest BCUT2D eigenvalue weighted by Crippen LogP contribution is 2.34. The topological polar surface area (TPSA) is 26.3 Å². The molecule has 1 aromatic carbocycles. The second kappa shape index (κ2) is 7.41. The van der Waals surface area contributed by atoms with Crippen molar-refractivity contribution in [2.75, 3.05) is 0 Å². The Labute approximate surface area is 121 Å². The number of ether oxygens (including phenoxy) is 1. The van der Waals surface area contributed by atoms with Crippen LogP contribution >= 0.6 is 0 Å². The summed E-state index contributed by atoms with van der Waals surface area (Å²) in [5, 5.41) is 0. The van der Waals surface area contributed by atoms with Crippen LogP contribution in [0, 0.1) is 18.7 Å². The molecule has 0 saturated carbocycles. The summed E-state index contributed by atoms with van der Waals surface area (Å²) in [7, 11) is 0. The molecule has 2 unspecified atom stereocenters. The summed E-state index contributed by atoms with van der Waals surface area (Å²) in [6, 6.07) is 4.84. The van der Waals surface area contributed by atoms with Gasteiger partial charge in [-0.1, -0.05) is 33.3 Å². The second-order valence-corrected chi connectivity index (χ2v) is 5.46. The number of esters is 1. The van der Waals surface area contributed by atoms with Crippen molar-refractivity contribution in [2.24, 2.45) is 5.92 Å². The van der Waals surface area contributed by atoms with Crippen LogP contribution in [0.2, 0.25) is 0 Å². The molecule has 0 fully saturated rings. The van der Waals surface area contributed by atoms with Crippen LogP contribution in [0.5, 0.6) is 0 Å². The van der Waals surface area contributed by atoms with Crippen LogP contribution in [-0.4, -0.2) is 12.1 Å². The molecule has 0 amide bonds. The van der Waals surface area contributed by atoms with E-state index in [-0.39, 0.29) is 23.8 Å². The minimum atomic E-state index is -0.229. The van der Waals surface area contributed by atoms with E-state index in [9.17, 15) is 9.18 Å². The summed E-state index contributed by atoms with van der Waals surface area (Å²) in [6.45, 7) is 9.88. The third kappa shape index (κ3) is 4.06. The molecule has 0 N–H and O–H groups in total. The molecule has 0 radical (unpaired) electrons. The lowest BCUT2D eigenvalue weighted by atomic mass is 9.80. The predicted octanol–water partition coefficient (Wildman–Crippen LogP) is 4.61. The first-order chi connectivity index (χ1) is 9.40. The Balaban J connectivity index is 3.08. The first kappa shape index (κ1) is 16.7. The van der Waals surface area contributed by atoms with Crippen molar-refractivity contribution < 1.29 is 13.9 Å². The van der Waals surface area contributed by atoms with E-state index in [2.05, 4.69) is 13.8 Å². The van der Waals surface area contributed by atoms with Crippen molar-refractivity contribution in [3.8, 4) is 0 Å². The Bertz CT molecular complexity index is 456. The molecule has 2 nitrogen and oxygen atoms in total. The van der Waals surface area contributed by atoms with Gasteiger partial charge in [0.25, 0.3) is 0 Å². The van der Waals surface area contributed by atoms with E-state index in [1.165, 1.54) is 6.07 Å². The number of hydrogen-bond donors (Lipinski definition) is 0. The van der Waals surface area contributed by atoms with E-state index >= 15 is 0 Å². The van der Waals surface area contributed by atoms with Gasteiger partial charge in [0.05, 0.1) is 0 Å². The van der Waals surface area contributed by atoms with Crippen molar-refractivity contribution in [2.45, 2.75) is 59.5 Å². The molecule has 1 rings (SSSR count). The van der Waals surface area contributed by atoms with Gasteiger partial charge in [-0.15, -0.1) is 0 Å². The van der Waals surface area contributed by atoms with E-state index in [0.29, 0.717) is 12.3 Å². The van der Waals surface area contributed by atoms with Crippen molar-refractivity contribution in [3.05, 3.63) is 35.1 Å². The Morgan fingerprint density at radius 2 is 1.95 bits per heavy atom. The summed E-state index contributed by atoms with van der Waals surface area (Å²) in [6.07, 6.45) is 1.15. The average molecular weight is 280 g/mol. The average Bonchev–Trinajstić information content (AvgIpc) is 2.40. The van der Waals surface area contributed by atoms with E-state index in [1.54, 1.807) is 13.0 Å². The molecule has 20 heavy (non-hydrogen) atoms. The SMILES string of the molecule is CCC(=O)OC(C)[C@H](c1ccc(F)cc1C)C(C)CC. The zero-order valence-corrected chi connectivity index (χ0v) is 13.1. The molecular formula is C17H25FO2. The zero-order valence-electron chi connectivity index (χ0n) is 13.1. The molecule has 0 aliphatic heterocycles. The van der Waals surface area contributed by atoms with Gasteiger partial charge in [0.1, 0.15) is 11.9 Å². The van der Waals surface area contributed by atoms with E-state index in [4.69, 9.17) is 4.74 Å². The largest absolute Gasteiger partial charge is 0.462 e. The molecule has 112 valence electrons. The van der Waals surface area contributed by atoms with Crippen LogP contribution < -0.4 is 0 Å². The number of carbonyl (C=O) groups excluding carboxylic acids is 1. The maximum atomic E-state index is 13.3.